The van der Waals surface area contributed by atoms with Crippen molar-refractivity contribution in [2.75, 3.05) is 30.4 Å². The van der Waals surface area contributed by atoms with Gasteiger partial charge in [0, 0.05) is 30.7 Å². The van der Waals surface area contributed by atoms with Crippen LogP contribution in [0.4, 0.5) is 16.5 Å². The topological polar surface area (TPSA) is 104 Å². The lowest BCUT2D eigenvalue weighted by Gasteiger charge is -2.17. The molecule has 8 nitrogen and oxygen atoms in total. The number of aromatic nitrogens is 2. The van der Waals surface area contributed by atoms with Gasteiger partial charge in [-0.1, -0.05) is 47.9 Å². The van der Waals surface area contributed by atoms with E-state index in [4.69, 9.17) is 21.2 Å². The second-order valence-electron chi connectivity index (χ2n) is 7.11. The Balaban J connectivity index is 1.77. The first-order valence-corrected chi connectivity index (χ1v) is 10.4. The van der Waals surface area contributed by atoms with Crippen molar-refractivity contribution < 1.29 is 14.4 Å². The Kier molecular flexibility index (Phi) is 7.86. The van der Waals surface area contributed by atoms with Gasteiger partial charge in [0.05, 0.1) is 12.6 Å². The van der Waals surface area contributed by atoms with Gasteiger partial charge in [-0.05, 0) is 41.8 Å². The van der Waals surface area contributed by atoms with Gasteiger partial charge in [0.15, 0.2) is 5.82 Å². The molecule has 1 heterocycles. The number of carbonyl (C=O) groups is 1. The molecule has 0 aliphatic rings. The van der Waals surface area contributed by atoms with Crippen molar-refractivity contribution in [2.45, 2.75) is 25.8 Å². The lowest BCUT2D eigenvalue weighted by atomic mass is 10.0. The smallest absolute Gasteiger partial charge is 0.323 e. The summed E-state index contributed by atoms with van der Waals surface area (Å²) in [5, 5.41) is 19.5. The summed E-state index contributed by atoms with van der Waals surface area (Å²) in [5.74, 6) is 0.352. The predicted molar refractivity (Wildman–Crippen MR) is 121 cm³/mol. The highest BCUT2D eigenvalue weighted by Gasteiger charge is 2.22. The van der Waals surface area contributed by atoms with Gasteiger partial charge >= 0.3 is 12.0 Å². The highest BCUT2D eigenvalue weighted by atomic mass is 35.5. The Morgan fingerprint density at radius 1 is 1.16 bits per heavy atom. The van der Waals surface area contributed by atoms with E-state index < -0.39 is 12.1 Å². The van der Waals surface area contributed by atoms with Crippen molar-refractivity contribution in [3.63, 3.8) is 0 Å². The van der Waals surface area contributed by atoms with E-state index in [9.17, 15) is 4.79 Å². The largest absolute Gasteiger partial charge is 0.395 e. The summed E-state index contributed by atoms with van der Waals surface area (Å²) in [7, 11) is 1.74. The maximum absolute atomic E-state index is 12.6. The Labute approximate surface area is 186 Å². The number of halogens is 1. The number of aryl methyl sites for hydroxylation is 1. The SMILES string of the molecule is CCc1ccc(CC(NC(=O)Nc2ccc(Cl)cc2)c2noc(N(C)CCO)n2)cc1. The fraction of sp³-hybridized carbons (Fsp3) is 0.318. The third-order valence-corrected chi connectivity index (χ3v) is 5.04. The molecule has 0 radical (unpaired) electrons. The van der Waals surface area contributed by atoms with E-state index in [0.29, 0.717) is 29.5 Å². The van der Waals surface area contributed by atoms with Gasteiger partial charge < -0.3 is 25.2 Å². The zero-order valence-corrected chi connectivity index (χ0v) is 18.3. The summed E-state index contributed by atoms with van der Waals surface area (Å²) in [4.78, 5) is 18.7. The number of likely N-dealkylation sites (N-methyl/N-ethyl adjacent to an activating group) is 1. The molecule has 0 spiro atoms. The highest BCUT2D eigenvalue weighted by molar-refractivity contribution is 6.30. The molecular formula is C22H26ClN5O3. The number of urea groups is 1. The Bertz CT molecular complexity index is 976. The minimum Gasteiger partial charge on any atom is -0.395 e. The second kappa shape index (κ2) is 10.8. The monoisotopic (exact) mass is 443 g/mol. The maximum atomic E-state index is 12.6. The van der Waals surface area contributed by atoms with Gasteiger partial charge in [0.25, 0.3) is 0 Å². The van der Waals surface area contributed by atoms with E-state index in [1.807, 2.05) is 12.1 Å². The van der Waals surface area contributed by atoms with Crippen LogP contribution in [0.15, 0.2) is 53.1 Å². The Morgan fingerprint density at radius 3 is 2.48 bits per heavy atom. The normalized spacial score (nSPS) is 11.7. The van der Waals surface area contributed by atoms with Gasteiger partial charge in [-0.25, -0.2) is 4.79 Å². The third kappa shape index (κ3) is 6.44. The first-order chi connectivity index (χ1) is 15.0. The molecule has 0 aliphatic heterocycles. The first kappa shape index (κ1) is 22.6. The summed E-state index contributed by atoms with van der Waals surface area (Å²) in [6.45, 7) is 2.42. The maximum Gasteiger partial charge on any atom is 0.323 e. The molecule has 3 aromatic rings. The van der Waals surface area contributed by atoms with Crippen LogP contribution in [0.25, 0.3) is 0 Å². The predicted octanol–water partition coefficient (Wildman–Crippen LogP) is 3.82. The molecule has 3 N–H and O–H groups in total. The van der Waals surface area contributed by atoms with Crippen LogP contribution in [-0.4, -0.2) is 41.5 Å². The molecule has 3 rings (SSSR count). The summed E-state index contributed by atoms with van der Waals surface area (Å²) in [6.07, 6.45) is 1.44. The quantitative estimate of drug-likeness (QED) is 0.464. The standard InChI is InChI=1S/C22H26ClN5O3/c1-3-15-4-6-16(7-5-15)14-19(20-26-22(31-27-20)28(2)12-13-29)25-21(30)24-18-10-8-17(23)9-11-18/h4-11,19,29H,3,12-14H2,1-2H3,(H2,24,25,30). The van der Waals surface area contributed by atoms with E-state index in [-0.39, 0.29) is 12.6 Å². The van der Waals surface area contributed by atoms with E-state index in [1.54, 1.807) is 36.2 Å². The number of nitrogens with zero attached hydrogens (tertiary/aromatic N) is 3. The average Bonchev–Trinajstić information content (AvgIpc) is 3.26. The number of rotatable bonds is 9. The van der Waals surface area contributed by atoms with E-state index >= 15 is 0 Å². The molecule has 164 valence electrons. The fourth-order valence-corrected chi connectivity index (χ4v) is 3.11. The number of hydrogen-bond donors (Lipinski definition) is 3. The van der Waals surface area contributed by atoms with Gasteiger partial charge in [-0.3, -0.25) is 0 Å². The van der Waals surface area contributed by atoms with Crippen molar-refractivity contribution in [3.8, 4) is 0 Å². The highest BCUT2D eigenvalue weighted by Crippen LogP contribution is 2.20. The van der Waals surface area contributed by atoms with Gasteiger partial charge in [-0.2, -0.15) is 4.98 Å². The Hall–Kier alpha value is -3.10. The molecule has 0 saturated carbocycles. The number of aliphatic hydroxyl groups excluding tert-OH is 1. The van der Waals surface area contributed by atoms with Crippen LogP contribution < -0.4 is 15.5 Å². The minimum atomic E-state index is -0.514. The fourth-order valence-electron chi connectivity index (χ4n) is 2.98. The first-order valence-electron chi connectivity index (χ1n) is 10.0. The molecule has 31 heavy (non-hydrogen) atoms. The molecule has 2 aromatic carbocycles. The second-order valence-corrected chi connectivity index (χ2v) is 7.55. The summed E-state index contributed by atoms with van der Waals surface area (Å²) < 4.78 is 5.31. The molecule has 0 saturated heterocycles. The van der Waals surface area contributed by atoms with Crippen molar-refractivity contribution in [1.29, 1.82) is 0 Å². The van der Waals surface area contributed by atoms with Crippen LogP contribution in [0, 0.1) is 0 Å². The molecule has 0 bridgehead atoms. The van der Waals surface area contributed by atoms with Crippen molar-refractivity contribution in [3.05, 3.63) is 70.5 Å². The average molecular weight is 444 g/mol. The Morgan fingerprint density at radius 2 is 1.84 bits per heavy atom. The number of carbonyl (C=O) groups excluding carboxylic acids is 1. The lowest BCUT2D eigenvalue weighted by molar-refractivity contribution is 0.247. The van der Waals surface area contributed by atoms with Gasteiger partial charge in [0.1, 0.15) is 0 Å². The number of aliphatic hydroxyl groups is 1. The molecule has 0 fully saturated rings. The van der Waals surface area contributed by atoms with Gasteiger partial charge in [0.2, 0.25) is 0 Å². The summed E-state index contributed by atoms with van der Waals surface area (Å²) >= 11 is 5.90. The van der Waals surface area contributed by atoms with E-state index in [1.165, 1.54) is 5.56 Å². The number of anilines is 2. The molecule has 1 atom stereocenters. The molecule has 1 unspecified atom stereocenters. The summed E-state index contributed by atoms with van der Waals surface area (Å²) in [5.41, 5.74) is 2.88. The lowest BCUT2D eigenvalue weighted by Crippen LogP contribution is -2.34. The van der Waals surface area contributed by atoms with Crippen LogP contribution in [0.1, 0.15) is 29.9 Å². The zero-order valence-electron chi connectivity index (χ0n) is 17.5. The zero-order chi connectivity index (χ0) is 22.2. The summed E-state index contributed by atoms with van der Waals surface area (Å²) in [6, 6.07) is 14.4. The molecular weight excluding hydrogens is 418 g/mol. The number of amides is 2. The van der Waals surface area contributed by atoms with Crippen molar-refractivity contribution in [1.82, 2.24) is 15.5 Å². The van der Waals surface area contributed by atoms with Crippen LogP contribution in [0.3, 0.4) is 0 Å². The van der Waals surface area contributed by atoms with Crippen molar-refractivity contribution >= 4 is 29.3 Å². The number of benzene rings is 2. The minimum absolute atomic E-state index is 0.0385. The number of nitrogens with one attached hydrogen (secondary N) is 2. The van der Waals surface area contributed by atoms with Gasteiger partial charge in [-0.15, -0.1) is 0 Å². The molecule has 0 aliphatic carbocycles. The molecule has 9 heteroatoms. The molecule has 2 amide bonds. The van der Waals surface area contributed by atoms with E-state index in [0.717, 1.165) is 12.0 Å². The number of hydrogen-bond acceptors (Lipinski definition) is 6. The molecule has 1 aromatic heterocycles. The van der Waals surface area contributed by atoms with Crippen LogP contribution >= 0.6 is 11.6 Å². The van der Waals surface area contributed by atoms with Crippen LogP contribution in [0.5, 0.6) is 0 Å². The van der Waals surface area contributed by atoms with Crippen LogP contribution in [0.2, 0.25) is 5.02 Å². The van der Waals surface area contributed by atoms with Crippen LogP contribution in [-0.2, 0) is 12.8 Å². The van der Waals surface area contributed by atoms with E-state index in [2.05, 4.69) is 39.8 Å². The van der Waals surface area contributed by atoms with Crippen molar-refractivity contribution in [2.24, 2.45) is 0 Å². The third-order valence-electron chi connectivity index (χ3n) is 4.78.